The molecule has 0 aliphatic carbocycles. The van der Waals surface area contributed by atoms with Crippen LogP contribution in [-0.2, 0) is 6.54 Å². The molecule has 1 aromatic heterocycles. The first-order chi connectivity index (χ1) is 17.4. The van der Waals surface area contributed by atoms with Crippen LogP contribution in [-0.4, -0.2) is 53.6 Å². The third kappa shape index (κ3) is 3.82. The molecule has 8 nitrogen and oxygen atoms in total. The van der Waals surface area contributed by atoms with E-state index < -0.39 is 11.6 Å². The molecule has 8 heteroatoms. The number of imide groups is 1. The van der Waals surface area contributed by atoms with Gasteiger partial charge < -0.3 is 14.0 Å². The SMILES string of the molecule is COc1ccc(C(=O)C(=O)c2cn(CCN3C(=O)c4ccccc4C3=O)c3ccc(OC)cc23)cc1. The Balaban J connectivity index is 1.46. The number of rotatable bonds is 8. The van der Waals surface area contributed by atoms with Crippen molar-refractivity contribution >= 4 is 34.3 Å². The molecule has 1 aliphatic heterocycles. The molecule has 0 saturated carbocycles. The molecule has 0 atom stereocenters. The predicted octanol–water partition coefficient (Wildman–Crippen LogP) is 4.02. The average Bonchev–Trinajstić information content (AvgIpc) is 3.40. The summed E-state index contributed by atoms with van der Waals surface area (Å²) in [7, 11) is 3.04. The van der Waals surface area contributed by atoms with Crippen molar-refractivity contribution in [1.29, 1.82) is 0 Å². The molecule has 0 spiro atoms. The highest BCUT2D eigenvalue weighted by Gasteiger charge is 2.35. The molecule has 2 heterocycles. The second-order valence-electron chi connectivity index (χ2n) is 8.31. The van der Waals surface area contributed by atoms with Crippen LogP contribution < -0.4 is 9.47 Å². The molecule has 5 rings (SSSR count). The summed E-state index contributed by atoms with van der Waals surface area (Å²) in [6.07, 6.45) is 1.59. The number of hydrogen-bond acceptors (Lipinski definition) is 6. The quantitative estimate of drug-likeness (QED) is 0.214. The Morgan fingerprint density at radius 1 is 0.750 bits per heavy atom. The van der Waals surface area contributed by atoms with Crippen LogP contribution in [0.3, 0.4) is 0 Å². The zero-order valence-electron chi connectivity index (χ0n) is 19.7. The molecule has 36 heavy (non-hydrogen) atoms. The van der Waals surface area contributed by atoms with E-state index in [1.807, 2.05) is 0 Å². The molecule has 180 valence electrons. The van der Waals surface area contributed by atoms with Gasteiger partial charge in [-0.15, -0.1) is 0 Å². The summed E-state index contributed by atoms with van der Waals surface area (Å²) in [5, 5.41) is 0.545. The number of fused-ring (bicyclic) bond motifs is 2. The van der Waals surface area contributed by atoms with Crippen LogP contribution in [0.4, 0.5) is 0 Å². The topological polar surface area (TPSA) is 94.9 Å². The molecule has 0 fully saturated rings. The van der Waals surface area contributed by atoms with Crippen molar-refractivity contribution in [2.75, 3.05) is 20.8 Å². The summed E-state index contributed by atoms with van der Waals surface area (Å²) in [6.45, 7) is 0.362. The van der Waals surface area contributed by atoms with E-state index in [1.165, 1.54) is 19.1 Å². The largest absolute Gasteiger partial charge is 0.497 e. The summed E-state index contributed by atoms with van der Waals surface area (Å²) >= 11 is 0. The van der Waals surface area contributed by atoms with Gasteiger partial charge in [-0.3, -0.25) is 24.1 Å². The van der Waals surface area contributed by atoms with Gasteiger partial charge in [-0.1, -0.05) is 12.1 Å². The molecule has 0 N–H and O–H groups in total. The summed E-state index contributed by atoms with van der Waals surface area (Å²) in [4.78, 5) is 53.0. The molecule has 2 amide bonds. The van der Waals surface area contributed by atoms with E-state index in [0.29, 0.717) is 33.5 Å². The van der Waals surface area contributed by atoms with Crippen molar-refractivity contribution in [1.82, 2.24) is 9.47 Å². The maximum atomic E-state index is 13.3. The fourth-order valence-electron chi connectivity index (χ4n) is 4.41. The van der Waals surface area contributed by atoms with Gasteiger partial charge in [0, 0.05) is 35.8 Å². The van der Waals surface area contributed by atoms with E-state index in [1.54, 1.807) is 77.5 Å². The maximum Gasteiger partial charge on any atom is 0.261 e. The van der Waals surface area contributed by atoms with Crippen LogP contribution in [0.1, 0.15) is 41.4 Å². The van der Waals surface area contributed by atoms with Gasteiger partial charge in [-0.05, 0) is 54.6 Å². The Bertz CT molecular complexity index is 1500. The number of Topliss-reactive ketones (excluding diaryl/α,β-unsaturated/α-hetero) is 2. The Labute approximate surface area is 206 Å². The van der Waals surface area contributed by atoms with Gasteiger partial charge in [0.25, 0.3) is 11.8 Å². The summed E-state index contributed by atoms with van der Waals surface area (Å²) in [5.41, 5.74) is 1.90. The molecular weight excluding hydrogens is 460 g/mol. The van der Waals surface area contributed by atoms with E-state index in [0.717, 1.165) is 0 Å². The molecule has 0 unspecified atom stereocenters. The van der Waals surface area contributed by atoms with Crippen molar-refractivity contribution in [3.8, 4) is 11.5 Å². The molecule has 3 aromatic carbocycles. The molecule has 1 aliphatic rings. The van der Waals surface area contributed by atoms with E-state index in [4.69, 9.17) is 9.47 Å². The number of nitrogens with zero attached hydrogens (tertiary/aromatic N) is 2. The smallest absolute Gasteiger partial charge is 0.261 e. The first-order valence-electron chi connectivity index (χ1n) is 11.3. The van der Waals surface area contributed by atoms with Crippen LogP contribution in [0.2, 0.25) is 0 Å². The molecular formula is C28H22N2O6. The third-order valence-corrected chi connectivity index (χ3v) is 6.33. The lowest BCUT2D eigenvalue weighted by molar-refractivity contribution is 0.0649. The summed E-state index contributed by atoms with van der Waals surface area (Å²) < 4.78 is 12.2. The number of methoxy groups -OCH3 is 2. The van der Waals surface area contributed by atoms with E-state index >= 15 is 0 Å². The average molecular weight is 482 g/mol. The van der Waals surface area contributed by atoms with Crippen LogP contribution in [0.15, 0.2) is 72.9 Å². The van der Waals surface area contributed by atoms with Crippen LogP contribution in [0.25, 0.3) is 10.9 Å². The van der Waals surface area contributed by atoms with Crippen molar-refractivity contribution < 1.29 is 28.7 Å². The third-order valence-electron chi connectivity index (χ3n) is 6.33. The van der Waals surface area contributed by atoms with Crippen LogP contribution in [0, 0.1) is 0 Å². The monoisotopic (exact) mass is 482 g/mol. The second-order valence-corrected chi connectivity index (χ2v) is 8.31. The fraction of sp³-hybridized carbons (Fsp3) is 0.143. The zero-order valence-corrected chi connectivity index (χ0v) is 19.7. The molecule has 0 bridgehead atoms. The standard InChI is InChI=1S/C28H22N2O6/c1-35-18-9-7-17(8-10-18)25(31)26(32)23-16-29(24-12-11-19(36-2)15-22(23)24)13-14-30-27(33)20-5-3-4-6-21(20)28(30)34/h3-12,15-16H,13-14H2,1-2H3. The van der Waals surface area contributed by atoms with Gasteiger partial charge in [0.05, 0.1) is 30.9 Å². The zero-order chi connectivity index (χ0) is 25.4. The Hall–Kier alpha value is -4.72. The number of ether oxygens (including phenoxy) is 2. The lowest BCUT2D eigenvalue weighted by Crippen LogP contribution is -2.32. The van der Waals surface area contributed by atoms with Gasteiger partial charge in [-0.25, -0.2) is 0 Å². The lowest BCUT2D eigenvalue weighted by atomic mass is 10.0. The number of hydrogen-bond donors (Lipinski definition) is 0. The van der Waals surface area contributed by atoms with Gasteiger partial charge in [0.15, 0.2) is 0 Å². The van der Waals surface area contributed by atoms with Gasteiger partial charge in [0.2, 0.25) is 11.6 Å². The minimum absolute atomic E-state index is 0.113. The lowest BCUT2D eigenvalue weighted by Gasteiger charge is -2.15. The highest BCUT2D eigenvalue weighted by atomic mass is 16.5. The first-order valence-corrected chi connectivity index (χ1v) is 11.3. The molecule has 0 radical (unpaired) electrons. The summed E-state index contributed by atoms with van der Waals surface area (Å²) in [6, 6.07) is 18.3. The van der Waals surface area contributed by atoms with E-state index in [9.17, 15) is 19.2 Å². The normalized spacial score (nSPS) is 12.7. The number of ketones is 2. The van der Waals surface area contributed by atoms with E-state index in [2.05, 4.69) is 0 Å². The number of carbonyl (C=O) groups is 4. The minimum Gasteiger partial charge on any atom is -0.497 e. The maximum absolute atomic E-state index is 13.3. The van der Waals surface area contributed by atoms with Crippen molar-refractivity contribution in [2.24, 2.45) is 0 Å². The highest BCUT2D eigenvalue weighted by Crippen LogP contribution is 2.28. The van der Waals surface area contributed by atoms with Gasteiger partial charge in [0.1, 0.15) is 11.5 Å². The number of carbonyl (C=O) groups excluding carboxylic acids is 4. The minimum atomic E-state index is -0.669. The van der Waals surface area contributed by atoms with Crippen molar-refractivity contribution in [3.05, 3.63) is 95.2 Å². The first kappa shape index (κ1) is 23.0. The second kappa shape index (κ2) is 9.14. The predicted molar refractivity (Wildman–Crippen MR) is 132 cm³/mol. The van der Waals surface area contributed by atoms with Crippen LogP contribution >= 0.6 is 0 Å². The number of amides is 2. The molecule has 4 aromatic rings. The Morgan fingerprint density at radius 2 is 1.36 bits per heavy atom. The summed E-state index contributed by atoms with van der Waals surface area (Å²) in [5.74, 6) is -0.905. The van der Waals surface area contributed by atoms with Gasteiger partial charge in [-0.2, -0.15) is 0 Å². The number of aromatic nitrogens is 1. The van der Waals surface area contributed by atoms with Crippen LogP contribution in [0.5, 0.6) is 11.5 Å². The van der Waals surface area contributed by atoms with Crippen molar-refractivity contribution in [3.63, 3.8) is 0 Å². The molecule has 0 saturated heterocycles. The fourth-order valence-corrected chi connectivity index (χ4v) is 4.41. The van der Waals surface area contributed by atoms with E-state index in [-0.39, 0.29) is 36.0 Å². The van der Waals surface area contributed by atoms with Gasteiger partial charge >= 0.3 is 0 Å². The Morgan fingerprint density at radius 3 is 1.97 bits per heavy atom. The number of benzene rings is 3. The Kier molecular flexibility index (Phi) is 5.85. The van der Waals surface area contributed by atoms with Crippen molar-refractivity contribution in [2.45, 2.75) is 6.54 Å². The highest BCUT2D eigenvalue weighted by molar-refractivity contribution is 6.50.